The molecule has 1 aliphatic heterocycles. The van der Waals surface area contributed by atoms with Gasteiger partial charge in [0.25, 0.3) is 11.6 Å². The van der Waals surface area contributed by atoms with E-state index in [2.05, 4.69) is 5.32 Å². The van der Waals surface area contributed by atoms with Crippen LogP contribution in [-0.4, -0.2) is 54.4 Å². The Kier molecular flexibility index (Phi) is 7.00. The van der Waals surface area contributed by atoms with E-state index in [0.717, 1.165) is 12.8 Å². The minimum absolute atomic E-state index is 0.00318. The normalized spacial score (nSPS) is 13.8. The predicted octanol–water partition coefficient (Wildman–Crippen LogP) is 2.63. The van der Waals surface area contributed by atoms with Gasteiger partial charge in [-0.2, -0.15) is 0 Å². The molecule has 30 heavy (non-hydrogen) atoms. The summed E-state index contributed by atoms with van der Waals surface area (Å²) in [6.45, 7) is 4.10. The topological polar surface area (TPSA) is 95.8 Å². The minimum Gasteiger partial charge on any atom is -0.362 e. The molecule has 0 aromatic heterocycles. The van der Waals surface area contributed by atoms with Crippen LogP contribution in [-0.2, 0) is 11.2 Å². The number of anilines is 1. The zero-order chi connectivity index (χ0) is 21.5. The summed E-state index contributed by atoms with van der Waals surface area (Å²) < 4.78 is 0. The Morgan fingerprint density at radius 2 is 1.77 bits per heavy atom. The molecule has 0 aliphatic carbocycles. The van der Waals surface area contributed by atoms with Crippen molar-refractivity contribution in [3.8, 4) is 0 Å². The van der Waals surface area contributed by atoms with Crippen molar-refractivity contribution in [1.82, 2.24) is 10.2 Å². The molecule has 1 N–H and O–H groups in total. The van der Waals surface area contributed by atoms with Gasteiger partial charge in [0.2, 0.25) is 5.91 Å². The molecule has 0 atom stereocenters. The lowest BCUT2D eigenvalue weighted by molar-refractivity contribution is -0.384. The molecule has 158 valence electrons. The summed E-state index contributed by atoms with van der Waals surface area (Å²) in [6.07, 6.45) is 1.64. The number of hydrogen-bond acceptors (Lipinski definition) is 5. The fourth-order valence-electron chi connectivity index (χ4n) is 3.58. The lowest BCUT2D eigenvalue weighted by Crippen LogP contribution is -2.48. The van der Waals surface area contributed by atoms with E-state index in [4.69, 9.17) is 0 Å². The largest absolute Gasteiger partial charge is 0.362 e. The summed E-state index contributed by atoms with van der Waals surface area (Å²) in [5.74, 6) is -0.317. The number of rotatable bonds is 7. The van der Waals surface area contributed by atoms with E-state index in [9.17, 15) is 19.7 Å². The Morgan fingerprint density at radius 3 is 2.40 bits per heavy atom. The van der Waals surface area contributed by atoms with Gasteiger partial charge in [0.15, 0.2) is 0 Å². The van der Waals surface area contributed by atoms with E-state index in [1.54, 1.807) is 17.0 Å². The standard InChI is InChI=1S/C22H26N4O4/c1-17(27)24-12-14-25(15-13-24)20-10-9-19(16-21(20)26(29)30)22(28)23-11-5-8-18-6-3-2-4-7-18/h2-4,6-7,9-10,16H,5,8,11-15H2,1H3,(H,23,28). The Balaban J connectivity index is 1.60. The summed E-state index contributed by atoms with van der Waals surface area (Å²) in [5.41, 5.74) is 1.86. The number of nitrogens with zero attached hydrogens (tertiary/aromatic N) is 3. The van der Waals surface area contributed by atoms with E-state index in [1.165, 1.54) is 18.6 Å². The van der Waals surface area contributed by atoms with Crippen LogP contribution < -0.4 is 10.2 Å². The molecular weight excluding hydrogens is 384 g/mol. The number of aryl methyl sites for hydroxylation is 1. The fourth-order valence-corrected chi connectivity index (χ4v) is 3.58. The number of amides is 2. The maximum atomic E-state index is 12.4. The molecule has 2 aromatic carbocycles. The third kappa shape index (κ3) is 5.34. The molecule has 8 nitrogen and oxygen atoms in total. The van der Waals surface area contributed by atoms with Crippen LogP contribution in [0.4, 0.5) is 11.4 Å². The van der Waals surface area contributed by atoms with Crippen LogP contribution in [0.1, 0.15) is 29.3 Å². The lowest BCUT2D eigenvalue weighted by Gasteiger charge is -2.35. The highest BCUT2D eigenvalue weighted by atomic mass is 16.6. The molecular formula is C22H26N4O4. The van der Waals surface area contributed by atoms with Gasteiger partial charge in [0.1, 0.15) is 5.69 Å². The van der Waals surface area contributed by atoms with E-state index >= 15 is 0 Å². The molecule has 3 rings (SSSR count). The summed E-state index contributed by atoms with van der Waals surface area (Å²) in [4.78, 5) is 38.7. The Hall–Kier alpha value is -3.42. The van der Waals surface area contributed by atoms with Gasteiger partial charge in [0.05, 0.1) is 4.92 Å². The maximum Gasteiger partial charge on any atom is 0.293 e. The number of benzene rings is 2. The van der Waals surface area contributed by atoms with Gasteiger partial charge >= 0.3 is 0 Å². The molecule has 8 heteroatoms. The maximum absolute atomic E-state index is 12.4. The zero-order valence-corrected chi connectivity index (χ0v) is 17.0. The molecule has 0 radical (unpaired) electrons. The van der Waals surface area contributed by atoms with Crippen molar-refractivity contribution < 1.29 is 14.5 Å². The van der Waals surface area contributed by atoms with Crippen LogP contribution in [0.5, 0.6) is 0 Å². The second-order valence-corrected chi connectivity index (χ2v) is 7.30. The van der Waals surface area contributed by atoms with Crippen molar-refractivity contribution in [3.63, 3.8) is 0 Å². The van der Waals surface area contributed by atoms with Gasteiger partial charge in [-0.15, -0.1) is 0 Å². The first-order chi connectivity index (χ1) is 14.5. The number of nitro benzene ring substituents is 1. The van der Waals surface area contributed by atoms with Gasteiger partial charge in [-0.05, 0) is 30.5 Å². The highest BCUT2D eigenvalue weighted by Crippen LogP contribution is 2.30. The van der Waals surface area contributed by atoms with Gasteiger partial charge in [0, 0.05) is 51.3 Å². The quantitative estimate of drug-likeness (QED) is 0.430. The summed E-state index contributed by atoms with van der Waals surface area (Å²) >= 11 is 0. The van der Waals surface area contributed by atoms with Crippen LogP contribution >= 0.6 is 0 Å². The molecule has 0 unspecified atom stereocenters. The van der Waals surface area contributed by atoms with Gasteiger partial charge in [-0.25, -0.2) is 0 Å². The number of carbonyl (C=O) groups is 2. The molecule has 1 saturated heterocycles. The fraction of sp³-hybridized carbons (Fsp3) is 0.364. The molecule has 0 bridgehead atoms. The average molecular weight is 410 g/mol. The summed E-state index contributed by atoms with van der Waals surface area (Å²) in [7, 11) is 0. The van der Waals surface area contributed by atoms with Gasteiger partial charge < -0.3 is 15.1 Å². The summed E-state index contributed by atoms with van der Waals surface area (Å²) in [6, 6.07) is 14.6. The minimum atomic E-state index is -0.459. The third-order valence-electron chi connectivity index (χ3n) is 5.27. The molecule has 1 aliphatic rings. The first kappa shape index (κ1) is 21.3. The van der Waals surface area contributed by atoms with Crippen LogP contribution in [0, 0.1) is 10.1 Å². The van der Waals surface area contributed by atoms with E-state index < -0.39 is 4.92 Å². The first-order valence-corrected chi connectivity index (χ1v) is 10.1. The van der Waals surface area contributed by atoms with Crippen molar-refractivity contribution in [2.24, 2.45) is 0 Å². The zero-order valence-electron chi connectivity index (χ0n) is 17.0. The van der Waals surface area contributed by atoms with Crippen LogP contribution in [0.3, 0.4) is 0 Å². The number of nitro groups is 1. The van der Waals surface area contributed by atoms with Crippen molar-refractivity contribution >= 4 is 23.2 Å². The van der Waals surface area contributed by atoms with E-state index in [1.807, 2.05) is 35.2 Å². The van der Waals surface area contributed by atoms with Gasteiger partial charge in [-0.3, -0.25) is 19.7 Å². The Labute approximate surface area is 175 Å². The molecule has 0 saturated carbocycles. The predicted molar refractivity (Wildman–Crippen MR) is 115 cm³/mol. The van der Waals surface area contributed by atoms with E-state index in [-0.39, 0.29) is 23.1 Å². The highest BCUT2D eigenvalue weighted by molar-refractivity contribution is 5.95. The van der Waals surface area contributed by atoms with Gasteiger partial charge in [-0.1, -0.05) is 30.3 Å². The second kappa shape index (κ2) is 9.87. The number of hydrogen-bond donors (Lipinski definition) is 1. The highest BCUT2D eigenvalue weighted by Gasteiger charge is 2.25. The molecule has 2 amide bonds. The van der Waals surface area contributed by atoms with Crippen LogP contribution in [0.25, 0.3) is 0 Å². The first-order valence-electron chi connectivity index (χ1n) is 10.1. The van der Waals surface area contributed by atoms with Crippen LogP contribution in [0.15, 0.2) is 48.5 Å². The molecule has 0 spiro atoms. The molecule has 2 aromatic rings. The SMILES string of the molecule is CC(=O)N1CCN(c2ccc(C(=O)NCCCc3ccccc3)cc2[N+](=O)[O-])CC1. The van der Waals surface area contributed by atoms with Crippen molar-refractivity contribution in [3.05, 3.63) is 69.8 Å². The molecule has 1 heterocycles. The van der Waals surface area contributed by atoms with Crippen LogP contribution in [0.2, 0.25) is 0 Å². The smallest absolute Gasteiger partial charge is 0.293 e. The number of nitrogens with one attached hydrogen (secondary N) is 1. The van der Waals surface area contributed by atoms with E-state index in [0.29, 0.717) is 38.4 Å². The number of piperazine rings is 1. The monoisotopic (exact) mass is 410 g/mol. The third-order valence-corrected chi connectivity index (χ3v) is 5.27. The number of carbonyl (C=O) groups excluding carboxylic acids is 2. The average Bonchev–Trinajstić information content (AvgIpc) is 2.77. The lowest BCUT2D eigenvalue weighted by atomic mass is 10.1. The van der Waals surface area contributed by atoms with Crippen molar-refractivity contribution in [1.29, 1.82) is 0 Å². The Morgan fingerprint density at radius 1 is 1.07 bits per heavy atom. The second-order valence-electron chi connectivity index (χ2n) is 7.30. The summed E-state index contributed by atoms with van der Waals surface area (Å²) in [5, 5.41) is 14.4. The van der Waals surface area contributed by atoms with Crippen molar-refractivity contribution in [2.45, 2.75) is 19.8 Å². The Bertz CT molecular complexity index is 909. The van der Waals surface area contributed by atoms with Crippen molar-refractivity contribution in [2.75, 3.05) is 37.6 Å². The molecule has 1 fully saturated rings.